The molecule has 0 radical (unpaired) electrons. The van der Waals surface area contributed by atoms with Crippen LogP contribution in [-0.2, 0) is 13.0 Å². The summed E-state index contributed by atoms with van der Waals surface area (Å²) in [5.41, 5.74) is 2.34. The second-order valence-corrected chi connectivity index (χ2v) is 6.32. The molecule has 134 valence electrons. The van der Waals surface area contributed by atoms with E-state index in [1.807, 2.05) is 49.3 Å². The fourth-order valence-electron chi connectivity index (χ4n) is 2.44. The van der Waals surface area contributed by atoms with Crippen molar-refractivity contribution in [3.8, 4) is 0 Å². The summed E-state index contributed by atoms with van der Waals surface area (Å²) >= 11 is 5.92. The molecule has 1 aromatic heterocycles. The van der Waals surface area contributed by atoms with Crippen molar-refractivity contribution in [1.82, 2.24) is 15.6 Å². The fraction of sp³-hybridized carbons (Fsp3) is 0.368. The van der Waals surface area contributed by atoms with Gasteiger partial charge in [-0.3, -0.25) is 0 Å². The smallest absolute Gasteiger partial charge is 0.191 e. The normalized spacial score (nSPS) is 11.3. The zero-order chi connectivity index (χ0) is 18.1. The highest BCUT2D eigenvalue weighted by molar-refractivity contribution is 6.30. The van der Waals surface area contributed by atoms with Gasteiger partial charge in [0.1, 0.15) is 5.82 Å². The van der Waals surface area contributed by atoms with Gasteiger partial charge in [-0.05, 0) is 37.1 Å². The number of pyridine rings is 1. The Morgan fingerprint density at radius 2 is 1.92 bits per heavy atom. The lowest BCUT2D eigenvalue weighted by Crippen LogP contribution is -2.38. The summed E-state index contributed by atoms with van der Waals surface area (Å²) in [5, 5.41) is 7.42. The van der Waals surface area contributed by atoms with Crippen molar-refractivity contribution >= 4 is 23.4 Å². The molecule has 0 atom stereocenters. The summed E-state index contributed by atoms with van der Waals surface area (Å²) in [6.45, 7) is 4.27. The number of halogens is 1. The van der Waals surface area contributed by atoms with Gasteiger partial charge in [0.15, 0.2) is 5.96 Å². The van der Waals surface area contributed by atoms with Gasteiger partial charge in [0, 0.05) is 44.0 Å². The monoisotopic (exact) mass is 359 g/mol. The molecule has 2 rings (SSSR count). The zero-order valence-electron chi connectivity index (χ0n) is 15.1. The van der Waals surface area contributed by atoms with E-state index in [9.17, 15) is 0 Å². The Kier molecular flexibility index (Phi) is 7.54. The predicted molar refractivity (Wildman–Crippen MR) is 107 cm³/mol. The molecule has 0 saturated carbocycles. The van der Waals surface area contributed by atoms with Gasteiger partial charge in [0.25, 0.3) is 0 Å². The third kappa shape index (κ3) is 6.27. The van der Waals surface area contributed by atoms with Crippen LogP contribution in [-0.4, -0.2) is 38.1 Å². The van der Waals surface area contributed by atoms with E-state index in [2.05, 4.69) is 33.6 Å². The van der Waals surface area contributed by atoms with E-state index < -0.39 is 0 Å². The Hall–Kier alpha value is -2.27. The fourth-order valence-corrected chi connectivity index (χ4v) is 2.56. The van der Waals surface area contributed by atoms with E-state index in [0.29, 0.717) is 6.54 Å². The molecule has 1 heterocycles. The minimum absolute atomic E-state index is 0.581. The molecule has 0 saturated heterocycles. The van der Waals surface area contributed by atoms with E-state index in [1.165, 1.54) is 5.56 Å². The van der Waals surface area contributed by atoms with Gasteiger partial charge in [0.05, 0.1) is 6.54 Å². The van der Waals surface area contributed by atoms with Crippen LogP contribution in [0.5, 0.6) is 0 Å². The number of rotatable bonds is 7. The molecule has 0 amide bonds. The molecule has 0 aliphatic carbocycles. The first-order chi connectivity index (χ1) is 12.1. The lowest BCUT2D eigenvalue weighted by atomic mass is 10.1. The number of hydrogen-bond acceptors (Lipinski definition) is 3. The van der Waals surface area contributed by atoms with Crippen molar-refractivity contribution in [2.75, 3.05) is 32.1 Å². The van der Waals surface area contributed by atoms with Gasteiger partial charge in [-0.2, -0.15) is 0 Å². The number of aromatic nitrogens is 1. The van der Waals surface area contributed by atoms with Crippen LogP contribution in [0, 0.1) is 0 Å². The molecule has 2 aromatic rings. The molecule has 0 unspecified atom stereocenters. The van der Waals surface area contributed by atoms with Crippen molar-refractivity contribution in [3.63, 3.8) is 0 Å². The maximum Gasteiger partial charge on any atom is 0.191 e. The Balaban J connectivity index is 1.95. The molecule has 1 aromatic carbocycles. The summed E-state index contributed by atoms with van der Waals surface area (Å²) in [5.74, 6) is 1.76. The standard InChI is InChI=1S/C19H26ClN5/c1-4-21-19(23-13-11-15-7-9-17(20)10-8-15)24-14-16-6-5-12-22-18(16)25(2)3/h5-10,12H,4,11,13-14H2,1-3H3,(H2,21,23,24). The highest BCUT2D eigenvalue weighted by Gasteiger charge is 2.05. The third-order valence-electron chi connectivity index (χ3n) is 3.66. The lowest BCUT2D eigenvalue weighted by Gasteiger charge is -2.15. The molecule has 0 aliphatic heterocycles. The summed E-state index contributed by atoms with van der Waals surface area (Å²) < 4.78 is 0. The van der Waals surface area contributed by atoms with Crippen molar-refractivity contribution in [3.05, 3.63) is 58.7 Å². The number of aliphatic imine (C=N–C) groups is 1. The number of nitrogens with zero attached hydrogens (tertiary/aromatic N) is 3. The molecular weight excluding hydrogens is 334 g/mol. The first-order valence-electron chi connectivity index (χ1n) is 8.48. The van der Waals surface area contributed by atoms with Gasteiger partial charge < -0.3 is 15.5 Å². The van der Waals surface area contributed by atoms with Crippen molar-refractivity contribution in [1.29, 1.82) is 0 Å². The van der Waals surface area contributed by atoms with Crippen LogP contribution >= 0.6 is 11.6 Å². The Bertz CT molecular complexity index is 682. The third-order valence-corrected chi connectivity index (χ3v) is 3.91. The molecule has 6 heteroatoms. The first kappa shape index (κ1) is 19.1. The average molecular weight is 360 g/mol. The van der Waals surface area contributed by atoms with Crippen LogP contribution in [0.2, 0.25) is 5.02 Å². The predicted octanol–water partition coefficient (Wildman–Crippen LogP) is 3.10. The molecule has 2 N–H and O–H groups in total. The molecule has 0 aliphatic rings. The van der Waals surface area contributed by atoms with E-state index in [0.717, 1.165) is 41.9 Å². The second kappa shape index (κ2) is 9.89. The molecule has 5 nitrogen and oxygen atoms in total. The largest absolute Gasteiger partial charge is 0.362 e. The van der Waals surface area contributed by atoms with E-state index in [4.69, 9.17) is 11.6 Å². The van der Waals surface area contributed by atoms with Crippen LogP contribution in [0.1, 0.15) is 18.1 Å². The van der Waals surface area contributed by atoms with Crippen molar-refractivity contribution in [2.24, 2.45) is 4.99 Å². The number of benzene rings is 1. The maximum absolute atomic E-state index is 5.92. The second-order valence-electron chi connectivity index (χ2n) is 5.88. The zero-order valence-corrected chi connectivity index (χ0v) is 15.8. The van der Waals surface area contributed by atoms with Crippen LogP contribution in [0.25, 0.3) is 0 Å². The minimum atomic E-state index is 0.581. The number of guanidine groups is 1. The Morgan fingerprint density at radius 1 is 1.16 bits per heavy atom. The van der Waals surface area contributed by atoms with E-state index in [-0.39, 0.29) is 0 Å². The topological polar surface area (TPSA) is 52.6 Å². The van der Waals surface area contributed by atoms with Gasteiger partial charge in [-0.1, -0.05) is 29.8 Å². The quantitative estimate of drug-likeness (QED) is 0.589. The molecule has 0 spiro atoms. The van der Waals surface area contributed by atoms with Crippen molar-refractivity contribution < 1.29 is 0 Å². The Labute approximate surface area is 155 Å². The van der Waals surface area contributed by atoms with E-state index >= 15 is 0 Å². The minimum Gasteiger partial charge on any atom is -0.362 e. The van der Waals surface area contributed by atoms with Gasteiger partial charge in [-0.15, -0.1) is 0 Å². The summed E-state index contributed by atoms with van der Waals surface area (Å²) in [6.07, 6.45) is 2.72. The number of hydrogen-bond donors (Lipinski definition) is 2. The van der Waals surface area contributed by atoms with Gasteiger partial charge in [-0.25, -0.2) is 9.98 Å². The summed E-state index contributed by atoms with van der Waals surface area (Å²) in [7, 11) is 3.98. The number of nitrogens with one attached hydrogen (secondary N) is 2. The number of anilines is 1. The first-order valence-corrected chi connectivity index (χ1v) is 8.85. The highest BCUT2D eigenvalue weighted by Crippen LogP contribution is 2.15. The Morgan fingerprint density at radius 3 is 2.60 bits per heavy atom. The molecule has 0 fully saturated rings. The van der Waals surface area contributed by atoms with Crippen LogP contribution in [0.3, 0.4) is 0 Å². The van der Waals surface area contributed by atoms with Gasteiger partial charge in [0.2, 0.25) is 0 Å². The highest BCUT2D eigenvalue weighted by atomic mass is 35.5. The van der Waals surface area contributed by atoms with Crippen LogP contribution in [0.4, 0.5) is 5.82 Å². The molecule has 25 heavy (non-hydrogen) atoms. The average Bonchev–Trinajstić information content (AvgIpc) is 2.61. The summed E-state index contributed by atoms with van der Waals surface area (Å²) in [6, 6.07) is 11.9. The molecule has 0 bridgehead atoms. The van der Waals surface area contributed by atoms with E-state index in [1.54, 1.807) is 6.20 Å². The summed E-state index contributed by atoms with van der Waals surface area (Å²) in [4.78, 5) is 11.1. The molecular formula is C19H26ClN5. The SMILES string of the molecule is CCNC(=NCc1cccnc1N(C)C)NCCc1ccc(Cl)cc1. The van der Waals surface area contributed by atoms with Crippen LogP contribution in [0.15, 0.2) is 47.6 Å². The van der Waals surface area contributed by atoms with Crippen molar-refractivity contribution in [2.45, 2.75) is 19.9 Å². The van der Waals surface area contributed by atoms with Crippen LogP contribution < -0.4 is 15.5 Å². The lowest BCUT2D eigenvalue weighted by molar-refractivity contribution is 0.799. The van der Waals surface area contributed by atoms with Gasteiger partial charge >= 0.3 is 0 Å². The maximum atomic E-state index is 5.92.